The topological polar surface area (TPSA) is 26.9 Å². The molecule has 0 spiro atoms. The van der Waals surface area contributed by atoms with Crippen molar-refractivity contribution < 1.29 is 0 Å². The Morgan fingerprint density at radius 2 is 1.75 bits per heavy atom. The van der Waals surface area contributed by atoms with E-state index in [1.807, 2.05) is 55.7 Å². The van der Waals surface area contributed by atoms with Gasteiger partial charge < -0.3 is 0 Å². The number of hydrogen-bond donors (Lipinski definition) is 0. The third kappa shape index (κ3) is 2.17. The third-order valence-electron chi connectivity index (χ3n) is 3.19. The quantitative estimate of drug-likeness (QED) is 0.707. The van der Waals surface area contributed by atoms with Crippen LogP contribution in [0.2, 0.25) is 5.02 Å². The number of benzene rings is 2. The third-order valence-corrected chi connectivity index (χ3v) is 3.43. The van der Waals surface area contributed by atoms with Crippen molar-refractivity contribution in [3.63, 3.8) is 0 Å². The SMILES string of the molecule is Cn1cc(-c2cccc(Cl)c2)c(=O)n1-c1ccccc1. The lowest BCUT2D eigenvalue weighted by atomic mass is 10.1. The standard InChI is InChI=1S/C16H13ClN2O/c1-18-11-15(12-6-5-7-13(17)10-12)16(20)19(18)14-8-3-2-4-9-14/h2-11H,1H3. The number of rotatable bonds is 2. The van der Waals surface area contributed by atoms with Crippen LogP contribution < -0.4 is 5.56 Å². The summed E-state index contributed by atoms with van der Waals surface area (Å²) in [6, 6.07) is 16.9. The predicted octanol–water partition coefficient (Wildman–Crippen LogP) is 3.50. The van der Waals surface area contributed by atoms with Crippen molar-refractivity contribution in [3.8, 4) is 16.8 Å². The molecule has 0 unspecified atom stereocenters. The van der Waals surface area contributed by atoms with Gasteiger partial charge in [-0.25, -0.2) is 4.68 Å². The van der Waals surface area contributed by atoms with E-state index in [0.29, 0.717) is 10.6 Å². The molecule has 20 heavy (non-hydrogen) atoms. The van der Waals surface area contributed by atoms with Crippen LogP contribution in [-0.2, 0) is 7.05 Å². The predicted molar refractivity (Wildman–Crippen MR) is 81.5 cm³/mol. The smallest absolute Gasteiger partial charge is 0.279 e. The van der Waals surface area contributed by atoms with Gasteiger partial charge in [0, 0.05) is 18.3 Å². The number of hydrogen-bond acceptors (Lipinski definition) is 1. The van der Waals surface area contributed by atoms with Crippen LogP contribution in [0.25, 0.3) is 16.8 Å². The molecule has 0 bridgehead atoms. The number of aromatic nitrogens is 2. The van der Waals surface area contributed by atoms with E-state index >= 15 is 0 Å². The zero-order valence-electron chi connectivity index (χ0n) is 11.0. The van der Waals surface area contributed by atoms with Crippen molar-refractivity contribution >= 4 is 11.6 Å². The molecule has 0 aliphatic heterocycles. The molecule has 4 heteroatoms. The van der Waals surface area contributed by atoms with Crippen LogP contribution in [0.4, 0.5) is 0 Å². The minimum atomic E-state index is -0.0547. The van der Waals surface area contributed by atoms with Crippen molar-refractivity contribution in [2.24, 2.45) is 7.05 Å². The van der Waals surface area contributed by atoms with Crippen molar-refractivity contribution in [1.82, 2.24) is 9.36 Å². The molecular formula is C16H13ClN2O. The second-order valence-electron chi connectivity index (χ2n) is 4.58. The van der Waals surface area contributed by atoms with E-state index in [1.165, 1.54) is 0 Å². The lowest BCUT2D eigenvalue weighted by Crippen LogP contribution is -2.19. The largest absolute Gasteiger partial charge is 0.288 e. The van der Waals surface area contributed by atoms with Gasteiger partial charge in [-0.15, -0.1) is 0 Å². The van der Waals surface area contributed by atoms with Gasteiger partial charge >= 0.3 is 0 Å². The Bertz CT molecular complexity index is 803. The van der Waals surface area contributed by atoms with Gasteiger partial charge in [0.15, 0.2) is 0 Å². The average molecular weight is 285 g/mol. The first-order valence-corrected chi connectivity index (χ1v) is 6.64. The van der Waals surface area contributed by atoms with Crippen LogP contribution in [0, 0.1) is 0 Å². The van der Waals surface area contributed by atoms with Crippen LogP contribution in [-0.4, -0.2) is 9.36 Å². The minimum Gasteiger partial charge on any atom is -0.288 e. The van der Waals surface area contributed by atoms with Crippen molar-refractivity contribution in [2.75, 3.05) is 0 Å². The highest BCUT2D eigenvalue weighted by atomic mass is 35.5. The van der Waals surface area contributed by atoms with Gasteiger partial charge in [-0.2, -0.15) is 0 Å². The Morgan fingerprint density at radius 3 is 2.45 bits per heavy atom. The van der Waals surface area contributed by atoms with E-state index in [1.54, 1.807) is 21.5 Å². The van der Waals surface area contributed by atoms with Crippen molar-refractivity contribution in [1.29, 1.82) is 0 Å². The maximum absolute atomic E-state index is 12.6. The summed E-state index contributed by atoms with van der Waals surface area (Å²) in [5, 5.41) is 0.622. The van der Waals surface area contributed by atoms with E-state index in [2.05, 4.69) is 0 Å². The van der Waals surface area contributed by atoms with Crippen LogP contribution in [0.5, 0.6) is 0 Å². The molecule has 0 radical (unpaired) electrons. The normalized spacial score (nSPS) is 10.7. The van der Waals surface area contributed by atoms with Crippen LogP contribution in [0.1, 0.15) is 0 Å². The molecule has 0 aliphatic rings. The van der Waals surface area contributed by atoms with Crippen molar-refractivity contribution in [2.45, 2.75) is 0 Å². The Balaban J connectivity index is 2.20. The number of nitrogens with zero attached hydrogens (tertiary/aromatic N) is 2. The highest BCUT2D eigenvalue weighted by molar-refractivity contribution is 6.30. The van der Waals surface area contributed by atoms with Crippen molar-refractivity contribution in [3.05, 3.63) is 76.2 Å². The molecular weight excluding hydrogens is 272 g/mol. The summed E-state index contributed by atoms with van der Waals surface area (Å²) in [6.07, 6.45) is 1.82. The Labute approximate surface area is 121 Å². The van der Waals surface area contributed by atoms with Gasteiger partial charge in [0.2, 0.25) is 0 Å². The molecule has 3 aromatic rings. The number of para-hydroxylation sites is 1. The van der Waals surface area contributed by atoms with E-state index in [-0.39, 0.29) is 5.56 Å². The van der Waals surface area contributed by atoms with Gasteiger partial charge in [0.05, 0.1) is 11.3 Å². The first kappa shape index (κ1) is 12.8. The molecule has 0 saturated heterocycles. The van der Waals surface area contributed by atoms with Crippen LogP contribution >= 0.6 is 11.6 Å². The van der Waals surface area contributed by atoms with E-state index in [0.717, 1.165) is 11.3 Å². The van der Waals surface area contributed by atoms with Gasteiger partial charge in [0.1, 0.15) is 0 Å². The minimum absolute atomic E-state index is 0.0547. The highest BCUT2D eigenvalue weighted by Gasteiger charge is 2.12. The van der Waals surface area contributed by atoms with E-state index < -0.39 is 0 Å². The van der Waals surface area contributed by atoms with Crippen LogP contribution in [0.15, 0.2) is 65.6 Å². The number of aryl methyl sites for hydroxylation is 1. The summed E-state index contributed by atoms with van der Waals surface area (Å²) in [4.78, 5) is 12.6. The van der Waals surface area contributed by atoms with E-state index in [9.17, 15) is 4.79 Å². The summed E-state index contributed by atoms with van der Waals surface area (Å²) in [5.74, 6) is 0. The fraction of sp³-hybridized carbons (Fsp3) is 0.0625. The van der Waals surface area contributed by atoms with Gasteiger partial charge in [0.25, 0.3) is 5.56 Å². The average Bonchev–Trinajstić information content (AvgIpc) is 2.75. The van der Waals surface area contributed by atoms with Gasteiger partial charge in [-0.3, -0.25) is 9.48 Å². The molecule has 0 aliphatic carbocycles. The molecule has 0 N–H and O–H groups in total. The molecule has 100 valence electrons. The molecule has 1 heterocycles. The molecule has 0 saturated carbocycles. The summed E-state index contributed by atoms with van der Waals surface area (Å²) >= 11 is 6.00. The Hall–Kier alpha value is -2.26. The summed E-state index contributed by atoms with van der Waals surface area (Å²) in [6.45, 7) is 0. The monoisotopic (exact) mass is 284 g/mol. The Morgan fingerprint density at radius 1 is 1.00 bits per heavy atom. The second kappa shape index (κ2) is 5.02. The first-order chi connectivity index (χ1) is 9.66. The lowest BCUT2D eigenvalue weighted by molar-refractivity contribution is 0.646. The fourth-order valence-electron chi connectivity index (χ4n) is 2.28. The summed E-state index contributed by atoms with van der Waals surface area (Å²) < 4.78 is 3.42. The zero-order chi connectivity index (χ0) is 14.1. The van der Waals surface area contributed by atoms with Crippen LogP contribution in [0.3, 0.4) is 0 Å². The van der Waals surface area contributed by atoms with Gasteiger partial charge in [-0.05, 0) is 29.8 Å². The molecule has 0 amide bonds. The highest BCUT2D eigenvalue weighted by Crippen LogP contribution is 2.20. The second-order valence-corrected chi connectivity index (χ2v) is 5.02. The molecule has 0 atom stereocenters. The van der Waals surface area contributed by atoms with E-state index in [4.69, 9.17) is 11.6 Å². The van der Waals surface area contributed by atoms with Gasteiger partial charge in [-0.1, -0.05) is 41.9 Å². The lowest BCUT2D eigenvalue weighted by Gasteiger charge is -2.05. The maximum atomic E-state index is 12.6. The molecule has 0 fully saturated rings. The fourth-order valence-corrected chi connectivity index (χ4v) is 2.47. The number of halogens is 1. The summed E-state index contributed by atoms with van der Waals surface area (Å²) in [7, 11) is 1.85. The Kier molecular flexibility index (Phi) is 3.20. The molecule has 3 rings (SSSR count). The molecule has 1 aromatic heterocycles. The molecule has 3 nitrogen and oxygen atoms in total. The first-order valence-electron chi connectivity index (χ1n) is 6.27. The zero-order valence-corrected chi connectivity index (χ0v) is 11.7. The summed E-state index contributed by atoms with van der Waals surface area (Å²) in [5.41, 5.74) is 2.25. The molecule has 2 aromatic carbocycles. The maximum Gasteiger partial charge on any atom is 0.279 e.